The molecule has 0 aromatic rings. The van der Waals surface area contributed by atoms with Crippen LogP contribution in [0.5, 0.6) is 0 Å². The maximum atomic E-state index is 8.64. The minimum atomic E-state index is -2.92. The first-order chi connectivity index (χ1) is 3.46. The molecule has 48 valence electrons. The zero-order valence-electron chi connectivity index (χ0n) is 5.10. The third-order valence-corrected chi connectivity index (χ3v) is 0. The minimum Gasteiger partial charge on any atom is -0.907 e. The summed E-state index contributed by atoms with van der Waals surface area (Å²) >= 11 is 0. The van der Waals surface area contributed by atoms with Gasteiger partial charge in [-0.2, -0.15) is 0 Å². The Labute approximate surface area is 101 Å². The van der Waals surface area contributed by atoms with Gasteiger partial charge in [0.1, 0.15) is 0 Å². The van der Waals surface area contributed by atoms with Gasteiger partial charge in [0.05, 0.1) is 0 Å². The molecular weight excluding hydrogens is 223 g/mol. The maximum absolute atomic E-state index is 8.64. The van der Waals surface area contributed by atoms with E-state index in [-0.39, 0.29) is 57.2 Å². The largest absolute Gasteiger partial charge is 2.00 e. The molecule has 0 aromatic carbocycles. The minimum absolute atomic E-state index is 0. The summed E-state index contributed by atoms with van der Waals surface area (Å²) in [5, 5.41) is 48.0. The summed E-state index contributed by atoms with van der Waals surface area (Å²) in [6.07, 6.45) is 0. The topological polar surface area (TPSA) is 133 Å². The zero-order chi connectivity index (χ0) is 7.15. The quantitative estimate of drug-likeness (QED) is 0.393. The van der Waals surface area contributed by atoms with Crippen LogP contribution in [0.4, 0.5) is 0 Å². The van der Waals surface area contributed by atoms with Crippen molar-refractivity contribution in [3.05, 3.63) is 0 Å². The van der Waals surface area contributed by atoms with Crippen LogP contribution in [0.1, 0.15) is 0 Å². The fourth-order valence-corrected chi connectivity index (χ4v) is 0. The summed E-state index contributed by atoms with van der Waals surface area (Å²) in [5.41, 5.74) is 0. The molecule has 0 bridgehead atoms. The Morgan fingerprint density at radius 1 is 0.900 bits per heavy atom. The molecule has 0 fully saturated rings. The molecule has 0 atom stereocenters. The van der Waals surface area contributed by atoms with Gasteiger partial charge in [0.15, 0.2) is 0 Å². The van der Waals surface area contributed by atoms with Gasteiger partial charge in [-0.05, 0) is 0 Å². The molecule has 0 amide bonds. The monoisotopic (exact) mass is 224 g/mol. The van der Waals surface area contributed by atoms with E-state index < -0.39 is 14.6 Å². The molecule has 0 aliphatic heterocycles. The molecule has 10 heteroatoms. The molecule has 0 aliphatic rings. The smallest absolute Gasteiger partial charge is 0.907 e. The first kappa shape index (κ1) is 22.6. The van der Waals surface area contributed by atoms with Crippen LogP contribution in [0.25, 0.3) is 0 Å². The third-order valence-electron chi connectivity index (χ3n) is 0. The molecule has 2 N–H and O–H groups in total. The van der Waals surface area contributed by atoms with Crippen LogP contribution >= 0.6 is 0 Å². The van der Waals surface area contributed by atoms with Crippen LogP contribution in [-0.2, 0) is 19.5 Å². The van der Waals surface area contributed by atoms with Crippen molar-refractivity contribution in [1.29, 1.82) is 0 Å². The van der Waals surface area contributed by atoms with Crippen molar-refractivity contribution in [3.63, 3.8) is 0 Å². The van der Waals surface area contributed by atoms with Gasteiger partial charge in [0.25, 0.3) is 0 Å². The van der Waals surface area contributed by atoms with E-state index in [1.807, 2.05) is 0 Å². The van der Waals surface area contributed by atoms with Crippen LogP contribution in [-0.4, -0.2) is 62.4 Å². The Morgan fingerprint density at radius 2 is 0.900 bits per heavy atom. The number of hydrogen-bond acceptors (Lipinski definition) is 6. The first-order valence-corrected chi connectivity index (χ1v) is 1.46. The van der Waals surface area contributed by atoms with Crippen LogP contribution in [0.15, 0.2) is 0 Å². The van der Waals surface area contributed by atoms with Crippen molar-refractivity contribution >= 4 is 52.4 Å². The van der Waals surface area contributed by atoms with Gasteiger partial charge in [0, 0.05) is 0 Å². The first-order valence-electron chi connectivity index (χ1n) is 1.46. The Hall–Kier alpha value is 1.77. The van der Waals surface area contributed by atoms with Crippen molar-refractivity contribution in [3.8, 4) is 0 Å². The molecule has 0 spiro atoms. The van der Waals surface area contributed by atoms with Crippen LogP contribution in [0, 0.1) is 0 Å². The Balaban J connectivity index is -0.0000000300. The Bertz CT molecular complexity index is 31.2. The normalized spacial score (nSPS) is 5.40. The fourth-order valence-electron chi connectivity index (χ4n) is 0. The molecule has 0 radical (unpaired) electrons. The van der Waals surface area contributed by atoms with E-state index in [1.165, 1.54) is 0 Å². The SMILES string of the molecule is [Ca+2].[O-]B(O)O.[O-]B([O-])[O-].[Zn+2]. The molecule has 6 nitrogen and oxygen atoms in total. The van der Waals surface area contributed by atoms with E-state index in [4.69, 9.17) is 30.1 Å². The average Bonchev–Trinajstić information content (AvgIpc) is 1.25. The van der Waals surface area contributed by atoms with Gasteiger partial charge < -0.3 is 30.1 Å². The van der Waals surface area contributed by atoms with Gasteiger partial charge >= 0.3 is 64.5 Å². The molecule has 0 unspecified atom stereocenters. The van der Waals surface area contributed by atoms with Gasteiger partial charge in [-0.15, -0.1) is 0 Å². The van der Waals surface area contributed by atoms with E-state index in [1.54, 1.807) is 0 Å². The zero-order valence-corrected chi connectivity index (χ0v) is 10.3. The van der Waals surface area contributed by atoms with E-state index in [2.05, 4.69) is 0 Å². The van der Waals surface area contributed by atoms with Gasteiger partial charge in [-0.25, -0.2) is 0 Å². The summed E-state index contributed by atoms with van der Waals surface area (Å²) in [6.45, 7) is 0. The van der Waals surface area contributed by atoms with E-state index in [0.717, 1.165) is 0 Å². The number of hydrogen-bond donors (Lipinski definition) is 2. The second-order valence-electron chi connectivity index (χ2n) is 0.615. The van der Waals surface area contributed by atoms with Crippen molar-refractivity contribution in [2.24, 2.45) is 0 Å². The third kappa shape index (κ3) is 239. The van der Waals surface area contributed by atoms with E-state index in [9.17, 15) is 0 Å². The number of rotatable bonds is 0. The Morgan fingerprint density at radius 3 is 0.900 bits per heavy atom. The van der Waals surface area contributed by atoms with Gasteiger partial charge in [-0.3, -0.25) is 7.32 Å². The van der Waals surface area contributed by atoms with Crippen LogP contribution in [0.2, 0.25) is 0 Å². The predicted molar refractivity (Wildman–Crippen MR) is 21.7 cm³/mol. The van der Waals surface area contributed by atoms with Crippen molar-refractivity contribution in [2.75, 3.05) is 0 Å². The molecule has 0 aliphatic carbocycles. The Kier molecular flexibility index (Phi) is 38.5. The predicted octanol–water partition coefficient (Wildman–Crippen LogP) is -7.01. The molecule has 0 aromatic heterocycles. The van der Waals surface area contributed by atoms with Gasteiger partial charge in [-0.1, -0.05) is 0 Å². The molecule has 10 heavy (non-hydrogen) atoms. The summed E-state index contributed by atoms with van der Waals surface area (Å²) in [6, 6.07) is 0. The van der Waals surface area contributed by atoms with Gasteiger partial charge in [0.2, 0.25) is 0 Å². The standard InChI is InChI=1S/BH2O3.BO3.Ca.Zn/c2*2-1(3)4;;/h2-3H;;;/q-1;-3;2*+2. The summed E-state index contributed by atoms with van der Waals surface area (Å²) < 4.78 is 0. The molecule has 0 heterocycles. The van der Waals surface area contributed by atoms with E-state index in [0.29, 0.717) is 0 Å². The van der Waals surface area contributed by atoms with Crippen LogP contribution < -0.4 is 20.1 Å². The summed E-state index contributed by atoms with van der Waals surface area (Å²) in [4.78, 5) is 0. The van der Waals surface area contributed by atoms with Crippen LogP contribution in [0.3, 0.4) is 0 Å². The average molecular weight is 225 g/mol. The second-order valence-corrected chi connectivity index (χ2v) is 0.615. The van der Waals surface area contributed by atoms with Crippen molar-refractivity contribution in [2.45, 2.75) is 0 Å². The molecular formula is H2B2CaO6Zn. The molecule has 0 rings (SSSR count). The fraction of sp³-hybridized carbons (Fsp3) is 0. The van der Waals surface area contributed by atoms with E-state index >= 15 is 0 Å². The van der Waals surface area contributed by atoms with Crippen molar-refractivity contribution < 1.29 is 49.6 Å². The van der Waals surface area contributed by atoms with Crippen molar-refractivity contribution in [1.82, 2.24) is 0 Å². The second kappa shape index (κ2) is 17.0. The molecule has 0 saturated heterocycles. The summed E-state index contributed by atoms with van der Waals surface area (Å²) in [7, 11) is -5.33. The maximum Gasteiger partial charge on any atom is 2.00 e. The molecule has 0 saturated carbocycles. The summed E-state index contributed by atoms with van der Waals surface area (Å²) in [5.74, 6) is 0.